The number of imidazole rings is 1. The average molecular weight is 301 g/mol. The summed E-state index contributed by atoms with van der Waals surface area (Å²) in [6, 6.07) is 0. The molecule has 1 aromatic rings. The van der Waals surface area contributed by atoms with E-state index in [-0.39, 0.29) is 17.5 Å². The molecule has 1 fully saturated rings. The summed E-state index contributed by atoms with van der Waals surface area (Å²) in [7, 11) is -3.84. The average Bonchev–Trinajstić information content (AvgIpc) is 3.08. The second-order valence-electron chi connectivity index (χ2n) is 5.05. The molecule has 0 aliphatic heterocycles. The fraction of sp³-hybridized carbons (Fsp3) is 0.667. The van der Waals surface area contributed by atoms with Crippen LogP contribution in [0.5, 0.6) is 0 Å². The van der Waals surface area contributed by atoms with Gasteiger partial charge < -0.3 is 9.67 Å². The van der Waals surface area contributed by atoms with Crippen LogP contribution < -0.4 is 0 Å². The van der Waals surface area contributed by atoms with Gasteiger partial charge in [0.1, 0.15) is 12.4 Å². The number of hydrogen-bond acceptors (Lipinski definition) is 4. The van der Waals surface area contributed by atoms with Crippen molar-refractivity contribution in [2.75, 3.05) is 13.1 Å². The topological polar surface area (TPSA) is 92.5 Å². The van der Waals surface area contributed by atoms with Crippen LogP contribution in [0.15, 0.2) is 11.2 Å². The molecule has 0 amide bonds. The molecule has 0 radical (unpaired) electrons. The molecule has 0 unspecified atom stereocenters. The van der Waals surface area contributed by atoms with Crippen LogP contribution in [0.25, 0.3) is 0 Å². The van der Waals surface area contributed by atoms with Crippen LogP contribution >= 0.6 is 0 Å². The van der Waals surface area contributed by atoms with Crippen LogP contribution in [0.3, 0.4) is 0 Å². The van der Waals surface area contributed by atoms with Crippen molar-refractivity contribution in [2.24, 2.45) is 5.92 Å². The van der Waals surface area contributed by atoms with E-state index in [1.807, 2.05) is 6.92 Å². The Morgan fingerprint density at radius 1 is 1.55 bits per heavy atom. The molecule has 1 aliphatic rings. The summed E-state index contributed by atoms with van der Waals surface area (Å²) in [5.74, 6) is -0.271. The summed E-state index contributed by atoms with van der Waals surface area (Å²) in [5, 5.41) is 8.83. The maximum Gasteiger partial charge on any atom is 0.318 e. The lowest BCUT2D eigenvalue weighted by Gasteiger charge is -2.18. The normalized spacial score (nSPS) is 15.8. The van der Waals surface area contributed by atoms with Gasteiger partial charge in [0.05, 0.1) is 0 Å². The Morgan fingerprint density at radius 3 is 2.65 bits per heavy atom. The maximum atomic E-state index is 12.5. The van der Waals surface area contributed by atoms with E-state index in [1.165, 1.54) is 6.20 Å². The summed E-state index contributed by atoms with van der Waals surface area (Å²) < 4.78 is 27.7. The molecule has 1 N–H and O–H groups in total. The number of sulfonamides is 1. The van der Waals surface area contributed by atoms with Crippen LogP contribution in [0, 0.1) is 12.8 Å². The first kappa shape index (κ1) is 15.0. The third-order valence-electron chi connectivity index (χ3n) is 3.37. The van der Waals surface area contributed by atoms with Gasteiger partial charge in [-0.05, 0) is 32.6 Å². The summed E-state index contributed by atoms with van der Waals surface area (Å²) >= 11 is 0. The Balaban J connectivity index is 2.29. The summed E-state index contributed by atoms with van der Waals surface area (Å²) in [6.45, 7) is 3.98. The van der Waals surface area contributed by atoms with Gasteiger partial charge in [-0.3, -0.25) is 4.79 Å². The lowest BCUT2D eigenvalue weighted by Crippen LogP contribution is -2.37. The summed E-state index contributed by atoms with van der Waals surface area (Å²) in [5.41, 5.74) is 0. The van der Waals surface area contributed by atoms with Crippen molar-refractivity contribution >= 4 is 16.0 Å². The standard InChI is InChI=1S/C12H19N3O4S/c1-3-14-7-11(13-9(14)2)20(18,19)15(8-12(16)17)6-10-4-5-10/h7,10H,3-6,8H2,1-2H3,(H,16,17). The van der Waals surface area contributed by atoms with Crippen molar-refractivity contribution in [3.05, 3.63) is 12.0 Å². The predicted octanol–water partition coefficient (Wildman–Crippen LogP) is 0.697. The van der Waals surface area contributed by atoms with Crippen molar-refractivity contribution in [3.63, 3.8) is 0 Å². The van der Waals surface area contributed by atoms with Crippen molar-refractivity contribution < 1.29 is 18.3 Å². The minimum absolute atomic E-state index is 0.0706. The number of aromatic nitrogens is 2. The number of aliphatic carboxylic acids is 1. The van der Waals surface area contributed by atoms with Crippen LogP contribution in [0.4, 0.5) is 0 Å². The molecule has 0 atom stereocenters. The SMILES string of the molecule is CCn1cc(S(=O)(=O)N(CC(=O)O)CC2CC2)nc1C. The predicted molar refractivity (Wildman–Crippen MR) is 71.8 cm³/mol. The minimum Gasteiger partial charge on any atom is -0.480 e. The van der Waals surface area contributed by atoms with Crippen molar-refractivity contribution in [2.45, 2.75) is 38.3 Å². The monoisotopic (exact) mass is 301 g/mol. The molecular weight excluding hydrogens is 282 g/mol. The molecule has 0 aromatic carbocycles. The Kier molecular flexibility index (Phi) is 4.14. The van der Waals surface area contributed by atoms with E-state index in [0.717, 1.165) is 17.1 Å². The number of aryl methyl sites for hydroxylation is 2. The highest BCUT2D eigenvalue weighted by Gasteiger charge is 2.34. The van der Waals surface area contributed by atoms with E-state index in [0.29, 0.717) is 12.4 Å². The summed E-state index contributed by atoms with van der Waals surface area (Å²) in [6.07, 6.45) is 3.37. The molecule has 1 aromatic heterocycles. The fourth-order valence-electron chi connectivity index (χ4n) is 2.04. The van der Waals surface area contributed by atoms with Gasteiger partial charge in [-0.2, -0.15) is 4.31 Å². The van der Waals surface area contributed by atoms with E-state index in [1.54, 1.807) is 11.5 Å². The van der Waals surface area contributed by atoms with E-state index in [4.69, 9.17) is 5.11 Å². The van der Waals surface area contributed by atoms with Crippen LogP contribution in [0.1, 0.15) is 25.6 Å². The number of rotatable bonds is 7. The Morgan fingerprint density at radius 2 is 2.20 bits per heavy atom. The molecule has 1 aliphatic carbocycles. The van der Waals surface area contributed by atoms with Crippen molar-refractivity contribution in [1.29, 1.82) is 0 Å². The van der Waals surface area contributed by atoms with E-state index < -0.39 is 22.5 Å². The first-order valence-corrected chi connectivity index (χ1v) is 8.04. The second kappa shape index (κ2) is 5.53. The van der Waals surface area contributed by atoms with Gasteiger partial charge >= 0.3 is 5.97 Å². The fourth-order valence-corrected chi connectivity index (χ4v) is 3.50. The second-order valence-corrected chi connectivity index (χ2v) is 6.93. The molecule has 20 heavy (non-hydrogen) atoms. The maximum absolute atomic E-state index is 12.5. The highest BCUT2D eigenvalue weighted by Crippen LogP contribution is 2.31. The molecule has 0 bridgehead atoms. The lowest BCUT2D eigenvalue weighted by atomic mass is 10.4. The van der Waals surface area contributed by atoms with Gasteiger partial charge in [0.2, 0.25) is 0 Å². The quantitative estimate of drug-likeness (QED) is 0.800. The van der Waals surface area contributed by atoms with Gasteiger partial charge in [0.15, 0.2) is 5.03 Å². The molecule has 1 saturated carbocycles. The zero-order valence-electron chi connectivity index (χ0n) is 11.6. The molecule has 0 spiro atoms. The van der Waals surface area contributed by atoms with Gasteiger partial charge in [-0.25, -0.2) is 13.4 Å². The van der Waals surface area contributed by atoms with Gasteiger partial charge in [0.25, 0.3) is 10.0 Å². The van der Waals surface area contributed by atoms with Crippen molar-refractivity contribution in [3.8, 4) is 0 Å². The van der Waals surface area contributed by atoms with Crippen LogP contribution in [0.2, 0.25) is 0 Å². The number of carbonyl (C=O) groups is 1. The molecular formula is C12H19N3O4S. The number of carboxylic acids is 1. The zero-order chi connectivity index (χ0) is 14.9. The van der Waals surface area contributed by atoms with E-state index in [9.17, 15) is 13.2 Å². The smallest absolute Gasteiger partial charge is 0.318 e. The number of carboxylic acid groups (broad SMARTS) is 1. The van der Waals surface area contributed by atoms with E-state index >= 15 is 0 Å². The Labute approximate surface area is 118 Å². The first-order chi connectivity index (χ1) is 9.34. The highest BCUT2D eigenvalue weighted by atomic mass is 32.2. The highest BCUT2D eigenvalue weighted by molar-refractivity contribution is 7.89. The summed E-state index contributed by atoms with van der Waals surface area (Å²) in [4.78, 5) is 14.9. The van der Waals surface area contributed by atoms with Crippen molar-refractivity contribution in [1.82, 2.24) is 13.9 Å². The lowest BCUT2D eigenvalue weighted by molar-refractivity contribution is -0.137. The Bertz CT molecular complexity index is 604. The molecule has 1 heterocycles. The van der Waals surface area contributed by atoms with Gasteiger partial charge in [-0.1, -0.05) is 0 Å². The molecule has 8 heteroatoms. The van der Waals surface area contributed by atoms with Gasteiger partial charge in [0, 0.05) is 19.3 Å². The molecule has 0 saturated heterocycles. The van der Waals surface area contributed by atoms with Crippen LogP contribution in [-0.2, 0) is 21.4 Å². The minimum atomic E-state index is -3.84. The molecule has 2 rings (SSSR count). The number of nitrogens with zero attached hydrogens (tertiary/aromatic N) is 3. The molecule has 7 nitrogen and oxygen atoms in total. The zero-order valence-corrected chi connectivity index (χ0v) is 12.4. The largest absolute Gasteiger partial charge is 0.480 e. The van der Waals surface area contributed by atoms with E-state index in [2.05, 4.69) is 4.98 Å². The first-order valence-electron chi connectivity index (χ1n) is 6.60. The van der Waals surface area contributed by atoms with Gasteiger partial charge in [-0.15, -0.1) is 0 Å². The number of hydrogen-bond donors (Lipinski definition) is 1. The molecule has 112 valence electrons. The third kappa shape index (κ3) is 3.18. The third-order valence-corrected chi connectivity index (χ3v) is 5.05. The Hall–Kier alpha value is -1.41. The van der Waals surface area contributed by atoms with Crippen LogP contribution in [-0.4, -0.2) is 46.4 Å².